The molecule has 20 heavy (non-hydrogen) atoms. The maximum atomic E-state index is 12.4. The van der Waals surface area contributed by atoms with Gasteiger partial charge in [0.05, 0.1) is 4.90 Å². The van der Waals surface area contributed by atoms with Crippen molar-refractivity contribution < 1.29 is 8.42 Å². The van der Waals surface area contributed by atoms with Gasteiger partial charge in [-0.05, 0) is 59.6 Å². The Morgan fingerprint density at radius 1 is 1.50 bits per heavy atom. The molecule has 1 unspecified atom stereocenters. The average Bonchev–Trinajstić information content (AvgIpc) is 2.83. The van der Waals surface area contributed by atoms with E-state index in [1.807, 2.05) is 6.07 Å². The van der Waals surface area contributed by atoms with Gasteiger partial charge in [-0.2, -0.15) is 0 Å². The quantitative estimate of drug-likeness (QED) is 0.824. The predicted molar refractivity (Wildman–Crippen MR) is 82.8 cm³/mol. The molecule has 0 amide bonds. The van der Waals surface area contributed by atoms with Crippen molar-refractivity contribution >= 4 is 26.0 Å². The van der Waals surface area contributed by atoms with E-state index < -0.39 is 10.0 Å². The number of benzene rings is 1. The molecule has 1 aromatic carbocycles. The van der Waals surface area contributed by atoms with Crippen molar-refractivity contribution in [2.45, 2.75) is 17.9 Å². The summed E-state index contributed by atoms with van der Waals surface area (Å²) in [6, 6.07) is 5.16. The van der Waals surface area contributed by atoms with Crippen LogP contribution in [0, 0.1) is 5.92 Å². The fraction of sp³-hybridized carbons (Fsp3) is 0.538. The molecule has 112 valence electrons. The molecule has 0 saturated carbocycles. The van der Waals surface area contributed by atoms with Crippen LogP contribution in [0.5, 0.6) is 0 Å². The van der Waals surface area contributed by atoms with Crippen molar-refractivity contribution in [1.82, 2.24) is 9.62 Å². The SMILES string of the molecule is CN1CCC(CNS(=O)(=O)c2cc(CN)ccc2Br)C1. The lowest BCUT2D eigenvalue weighted by atomic mass is 10.1. The average molecular weight is 362 g/mol. The van der Waals surface area contributed by atoms with E-state index in [2.05, 4.69) is 32.6 Å². The highest BCUT2D eigenvalue weighted by Gasteiger charge is 2.23. The summed E-state index contributed by atoms with van der Waals surface area (Å²) in [5.41, 5.74) is 6.36. The number of rotatable bonds is 5. The molecule has 0 aromatic heterocycles. The normalized spacial score (nSPS) is 20.4. The highest BCUT2D eigenvalue weighted by molar-refractivity contribution is 9.10. The number of likely N-dealkylation sites (tertiary alicyclic amines) is 1. The summed E-state index contributed by atoms with van der Waals surface area (Å²) >= 11 is 3.29. The van der Waals surface area contributed by atoms with Gasteiger partial charge < -0.3 is 10.6 Å². The first-order valence-corrected chi connectivity index (χ1v) is 8.86. The molecular formula is C13H20BrN3O2S. The fourth-order valence-electron chi connectivity index (χ4n) is 2.38. The molecule has 1 heterocycles. The van der Waals surface area contributed by atoms with Crippen LogP contribution in [0.25, 0.3) is 0 Å². The van der Waals surface area contributed by atoms with Crippen molar-refractivity contribution in [1.29, 1.82) is 0 Å². The minimum atomic E-state index is -3.50. The summed E-state index contributed by atoms with van der Waals surface area (Å²) in [5, 5.41) is 0. The van der Waals surface area contributed by atoms with E-state index in [1.165, 1.54) is 0 Å². The maximum Gasteiger partial charge on any atom is 0.241 e. The zero-order chi connectivity index (χ0) is 14.8. The first-order valence-electron chi connectivity index (χ1n) is 6.59. The van der Waals surface area contributed by atoms with E-state index in [1.54, 1.807) is 12.1 Å². The molecule has 0 radical (unpaired) electrons. The van der Waals surface area contributed by atoms with Crippen LogP contribution in [-0.4, -0.2) is 40.0 Å². The topological polar surface area (TPSA) is 75.4 Å². The lowest BCUT2D eigenvalue weighted by Crippen LogP contribution is -2.30. The first-order chi connectivity index (χ1) is 9.42. The molecule has 2 rings (SSSR count). The molecule has 1 atom stereocenters. The number of nitrogens with one attached hydrogen (secondary N) is 1. The van der Waals surface area contributed by atoms with E-state index in [0.29, 0.717) is 23.5 Å². The molecule has 1 aliphatic rings. The maximum absolute atomic E-state index is 12.4. The highest BCUT2D eigenvalue weighted by Crippen LogP contribution is 2.23. The van der Waals surface area contributed by atoms with Gasteiger partial charge in [0.2, 0.25) is 10.0 Å². The number of sulfonamides is 1. The van der Waals surface area contributed by atoms with E-state index in [-0.39, 0.29) is 4.90 Å². The highest BCUT2D eigenvalue weighted by atomic mass is 79.9. The van der Waals surface area contributed by atoms with Crippen LogP contribution in [0.4, 0.5) is 0 Å². The number of hydrogen-bond acceptors (Lipinski definition) is 4. The van der Waals surface area contributed by atoms with Gasteiger partial charge in [0.25, 0.3) is 0 Å². The molecule has 7 heteroatoms. The van der Waals surface area contributed by atoms with Crippen molar-refractivity contribution in [2.24, 2.45) is 11.7 Å². The largest absolute Gasteiger partial charge is 0.326 e. The van der Waals surface area contributed by atoms with Gasteiger partial charge in [0.1, 0.15) is 0 Å². The molecule has 3 N–H and O–H groups in total. The lowest BCUT2D eigenvalue weighted by Gasteiger charge is -2.13. The Morgan fingerprint density at radius 3 is 2.85 bits per heavy atom. The Morgan fingerprint density at radius 2 is 2.25 bits per heavy atom. The van der Waals surface area contributed by atoms with Crippen LogP contribution in [0.1, 0.15) is 12.0 Å². The molecular weight excluding hydrogens is 342 g/mol. The molecule has 5 nitrogen and oxygen atoms in total. The summed E-state index contributed by atoms with van der Waals surface area (Å²) in [7, 11) is -1.45. The van der Waals surface area contributed by atoms with E-state index >= 15 is 0 Å². The van der Waals surface area contributed by atoms with Gasteiger partial charge in [-0.25, -0.2) is 13.1 Å². The van der Waals surface area contributed by atoms with Gasteiger partial charge in [0.15, 0.2) is 0 Å². The monoisotopic (exact) mass is 361 g/mol. The van der Waals surface area contributed by atoms with Crippen molar-refractivity contribution in [3.63, 3.8) is 0 Å². The Balaban J connectivity index is 2.10. The number of halogens is 1. The Labute approximate surface area is 128 Å². The predicted octanol–water partition coefficient (Wildman–Crippen LogP) is 1.14. The second kappa shape index (κ2) is 6.53. The molecule has 1 saturated heterocycles. The number of hydrogen-bond donors (Lipinski definition) is 2. The van der Waals surface area contributed by atoms with Gasteiger partial charge in [-0.15, -0.1) is 0 Å². The summed E-state index contributed by atoms with van der Waals surface area (Å²) in [6.45, 7) is 2.76. The van der Waals surface area contributed by atoms with E-state index in [4.69, 9.17) is 5.73 Å². The van der Waals surface area contributed by atoms with Gasteiger partial charge in [-0.3, -0.25) is 0 Å². The van der Waals surface area contributed by atoms with Crippen LogP contribution in [0.15, 0.2) is 27.6 Å². The zero-order valence-corrected chi connectivity index (χ0v) is 13.9. The second-order valence-corrected chi connectivity index (χ2v) is 7.83. The van der Waals surface area contributed by atoms with Crippen molar-refractivity contribution in [3.8, 4) is 0 Å². The zero-order valence-electron chi connectivity index (χ0n) is 11.5. The molecule has 0 spiro atoms. The molecule has 1 aromatic rings. The minimum Gasteiger partial charge on any atom is -0.326 e. The Hall–Kier alpha value is -0.470. The summed E-state index contributed by atoms with van der Waals surface area (Å²) in [4.78, 5) is 2.47. The number of nitrogens with zero attached hydrogens (tertiary/aromatic N) is 1. The third kappa shape index (κ3) is 3.79. The standard InChI is InChI=1S/C13H20BrN3O2S/c1-17-5-4-11(9-17)8-16-20(18,19)13-6-10(7-15)2-3-12(13)14/h2-3,6,11,16H,4-5,7-9,15H2,1H3. The summed E-state index contributed by atoms with van der Waals surface area (Å²) < 4.78 is 28.0. The molecule has 0 aliphatic carbocycles. The minimum absolute atomic E-state index is 0.256. The lowest BCUT2D eigenvalue weighted by molar-refractivity contribution is 0.394. The van der Waals surface area contributed by atoms with E-state index in [9.17, 15) is 8.42 Å². The second-order valence-electron chi connectivity index (χ2n) is 5.24. The first kappa shape index (κ1) is 15.9. The molecule has 0 bridgehead atoms. The Bertz CT molecular complexity index is 577. The smallest absolute Gasteiger partial charge is 0.241 e. The molecule has 1 aliphatic heterocycles. The van der Waals surface area contributed by atoms with E-state index in [0.717, 1.165) is 25.1 Å². The summed E-state index contributed by atoms with van der Waals surface area (Å²) in [6.07, 6.45) is 1.03. The van der Waals surface area contributed by atoms with Crippen molar-refractivity contribution in [3.05, 3.63) is 28.2 Å². The van der Waals surface area contributed by atoms with Gasteiger partial charge >= 0.3 is 0 Å². The van der Waals surface area contributed by atoms with Crippen LogP contribution in [0.2, 0.25) is 0 Å². The van der Waals surface area contributed by atoms with Crippen LogP contribution in [-0.2, 0) is 16.6 Å². The Kier molecular flexibility index (Phi) is 5.19. The third-order valence-corrected chi connectivity index (χ3v) is 5.99. The number of nitrogens with two attached hydrogens (primary N) is 1. The van der Waals surface area contributed by atoms with Crippen LogP contribution < -0.4 is 10.5 Å². The summed E-state index contributed by atoms with van der Waals surface area (Å²) in [5.74, 6) is 0.381. The fourth-order valence-corrected chi connectivity index (χ4v) is 4.51. The van der Waals surface area contributed by atoms with Gasteiger partial charge in [0, 0.05) is 24.1 Å². The van der Waals surface area contributed by atoms with Crippen LogP contribution >= 0.6 is 15.9 Å². The van der Waals surface area contributed by atoms with Gasteiger partial charge in [-0.1, -0.05) is 6.07 Å². The third-order valence-electron chi connectivity index (χ3n) is 3.57. The van der Waals surface area contributed by atoms with Crippen LogP contribution in [0.3, 0.4) is 0 Å². The molecule has 1 fully saturated rings. The van der Waals surface area contributed by atoms with Crippen molar-refractivity contribution in [2.75, 3.05) is 26.7 Å².